The van der Waals surface area contributed by atoms with Crippen LogP contribution in [0, 0.1) is 0 Å². The molecule has 4 heteroatoms. The Kier molecular flexibility index (Phi) is 3.24. The molecule has 0 bridgehead atoms. The lowest BCUT2D eigenvalue weighted by molar-refractivity contribution is -0.131. The van der Waals surface area contributed by atoms with Gasteiger partial charge in [0.25, 0.3) is 0 Å². The highest BCUT2D eigenvalue weighted by molar-refractivity contribution is 7.99. The number of nitrogens with zero attached hydrogens (tertiary/aromatic N) is 1. The van der Waals surface area contributed by atoms with Gasteiger partial charge in [0.15, 0.2) is 0 Å². The van der Waals surface area contributed by atoms with E-state index in [1.165, 1.54) is 10.6 Å². The fourth-order valence-electron chi connectivity index (χ4n) is 2.23. The topological polar surface area (TPSA) is 40.5 Å². The zero-order chi connectivity index (χ0) is 14.1. The van der Waals surface area contributed by atoms with Gasteiger partial charge < -0.3 is 10.0 Å². The quantitative estimate of drug-likeness (QED) is 0.845. The predicted molar refractivity (Wildman–Crippen MR) is 81.7 cm³/mol. The Labute approximate surface area is 121 Å². The van der Waals surface area contributed by atoms with E-state index in [9.17, 15) is 4.79 Å². The highest BCUT2D eigenvalue weighted by Gasteiger charge is 2.19. The Hall–Kier alpha value is -2.20. The summed E-state index contributed by atoms with van der Waals surface area (Å²) >= 11 is 1.71. The van der Waals surface area contributed by atoms with Crippen LogP contribution in [0.25, 0.3) is 6.08 Å². The maximum Gasteiger partial charge on any atom is 0.328 e. The zero-order valence-electron chi connectivity index (χ0n) is 10.9. The third-order valence-corrected chi connectivity index (χ3v) is 4.32. The molecule has 0 radical (unpaired) electrons. The first-order chi connectivity index (χ1) is 9.65. The van der Waals surface area contributed by atoms with Crippen molar-refractivity contribution in [1.82, 2.24) is 0 Å². The third-order valence-electron chi connectivity index (χ3n) is 3.21. The molecule has 0 saturated carbocycles. The first kappa shape index (κ1) is 12.8. The first-order valence-electron chi connectivity index (χ1n) is 6.21. The second-order valence-corrected chi connectivity index (χ2v) is 5.61. The summed E-state index contributed by atoms with van der Waals surface area (Å²) in [5.41, 5.74) is 3.23. The van der Waals surface area contributed by atoms with E-state index >= 15 is 0 Å². The maximum atomic E-state index is 10.6. The second-order valence-electron chi connectivity index (χ2n) is 4.53. The molecule has 0 atom stereocenters. The minimum absolute atomic E-state index is 0.895. The van der Waals surface area contributed by atoms with Gasteiger partial charge in [-0.3, -0.25) is 0 Å². The summed E-state index contributed by atoms with van der Waals surface area (Å²) in [6, 6.07) is 14.2. The number of carbonyl (C=O) groups is 1. The molecule has 1 aliphatic heterocycles. The number of fused-ring (bicyclic) bond motifs is 2. The molecule has 1 N–H and O–H groups in total. The molecule has 0 saturated heterocycles. The van der Waals surface area contributed by atoms with Crippen molar-refractivity contribution in [2.24, 2.45) is 0 Å². The monoisotopic (exact) mass is 283 g/mol. The van der Waals surface area contributed by atoms with E-state index in [0.29, 0.717) is 0 Å². The number of anilines is 2. The number of aliphatic carboxylic acids is 1. The molecule has 0 amide bonds. The SMILES string of the molecule is CN1c2ccccc2Sc2cc(/C=C/C(=O)O)ccc21. The van der Waals surface area contributed by atoms with Gasteiger partial charge in [-0.1, -0.05) is 30.0 Å². The molecule has 0 spiro atoms. The van der Waals surface area contributed by atoms with Gasteiger partial charge in [-0.25, -0.2) is 4.79 Å². The van der Waals surface area contributed by atoms with Crippen LogP contribution in [0.15, 0.2) is 58.3 Å². The van der Waals surface area contributed by atoms with Gasteiger partial charge in [-0.15, -0.1) is 0 Å². The number of benzene rings is 2. The minimum Gasteiger partial charge on any atom is -0.478 e. The summed E-state index contributed by atoms with van der Waals surface area (Å²) in [6.45, 7) is 0. The summed E-state index contributed by atoms with van der Waals surface area (Å²) < 4.78 is 0. The van der Waals surface area contributed by atoms with Gasteiger partial charge in [0.05, 0.1) is 11.4 Å². The molecular weight excluding hydrogens is 270 g/mol. The Bertz CT molecular complexity index is 709. The van der Waals surface area contributed by atoms with Gasteiger partial charge in [-0.05, 0) is 35.9 Å². The number of carboxylic acids is 1. The largest absolute Gasteiger partial charge is 0.478 e. The number of rotatable bonds is 2. The van der Waals surface area contributed by atoms with E-state index in [1.54, 1.807) is 17.8 Å². The summed E-state index contributed by atoms with van der Waals surface area (Å²) in [5.74, 6) is -0.933. The van der Waals surface area contributed by atoms with Crippen LogP contribution in [-0.4, -0.2) is 18.1 Å². The van der Waals surface area contributed by atoms with Crippen molar-refractivity contribution in [3.8, 4) is 0 Å². The predicted octanol–water partition coefficient (Wildman–Crippen LogP) is 4.02. The van der Waals surface area contributed by atoms with Gasteiger partial charge in [0, 0.05) is 22.9 Å². The Morgan fingerprint density at radius 3 is 2.70 bits per heavy atom. The van der Waals surface area contributed by atoms with Crippen LogP contribution in [-0.2, 0) is 4.79 Å². The molecule has 0 aromatic heterocycles. The Morgan fingerprint density at radius 2 is 1.90 bits per heavy atom. The molecule has 100 valence electrons. The van der Waals surface area contributed by atoms with Crippen molar-refractivity contribution in [3.05, 3.63) is 54.1 Å². The molecule has 0 aliphatic carbocycles. The number of para-hydroxylation sites is 1. The number of hydrogen-bond acceptors (Lipinski definition) is 3. The van der Waals surface area contributed by atoms with Crippen molar-refractivity contribution in [1.29, 1.82) is 0 Å². The summed E-state index contributed by atoms with van der Waals surface area (Å²) in [4.78, 5) is 15.1. The molecule has 1 heterocycles. The standard InChI is InChI=1S/C16H13NO2S/c1-17-12-4-2-3-5-14(12)20-15-10-11(6-8-13(15)17)7-9-16(18)19/h2-10H,1H3,(H,18,19)/b9-7+. The van der Waals surface area contributed by atoms with Crippen LogP contribution < -0.4 is 4.90 Å². The zero-order valence-corrected chi connectivity index (χ0v) is 11.7. The lowest BCUT2D eigenvalue weighted by atomic mass is 10.1. The van der Waals surface area contributed by atoms with E-state index in [0.717, 1.165) is 22.2 Å². The average Bonchev–Trinajstić information content (AvgIpc) is 2.45. The van der Waals surface area contributed by atoms with Gasteiger partial charge in [-0.2, -0.15) is 0 Å². The van der Waals surface area contributed by atoms with Crippen LogP contribution in [0.3, 0.4) is 0 Å². The van der Waals surface area contributed by atoms with Crippen LogP contribution in [0.4, 0.5) is 11.4 Å². The van der Waals surface area contributed by atoms with E-state index in [2.05, 4.69) is 17.0 Å². The highest BCUT2D eigenvalue weighted by Crippen LogP contribution is 2.47. The van der Waals surface area contributed by atoms with Crippen molar-refractivity contribution in [2.75, 3.05) is 11.9 Å². The molecule has 2 aromatic carbocycles. The lowest BCUT2D eigenvalue weighted by Gasteiger charge is -2.29. The van der Waals surface area contributed by atoms with E-state index < -0.39 is 5.97 Å². The number of carboxylic acid groups (broad SMARTS) is 1. The summed E-state index contributed by atoms with van der Waals surface area (Å²) in [6.07, 6.45) is 2.77. The fourth-order valence-corrected chi connectivity index (χ4v) is 3.43. The smallest absolute Gasteiger partial charge is 0.328 e. The molecule has 3 nitrogen and oxygen atoms in total. The summed E-state index contributed by atoms with van der Waals surface area (Å²) in [7, 11) is 2.05. The maximum absolute atomic E-state index is 10.6. The highest BCUT2D eigenvalue weighted by atomic mass is 32.2. The van der Waals surface area contributed by atoms with Crippen molar-refractivity contribution in [2.45, 2.75) is 9.79 Å². The van der Waals surface area contributed by atoms with E-state index in [-0.39, 0.29) is 0 Å². The van der Waals surface area contributed by atoms with Crippen LogP contribution >= 0.6 is 11.8 Å². The van der Waals surface area contributed by atoms with Crippen LogP contribution in [0.5, 0.6) is 0 Å². The molecule has 0 fully saturated rings. The third kappa shape index (κ3) is 2.30. The minimum atomic E-state index is -0.933. The van der Waals surface area contributed by atoms with Crippen molar-refractivity contribution in [3.63, 3.8) is 0 Å². The average molecular weight is 283 g/mol. The van der Waals surface area contributed by atoms with Crippen LogP contribution in [0.2, 0.25) is 0 Å². The van der Waals surface area contributed by atoms with Crippen LogP contribution in [0.1, 0.15) is 5.56 Å². The van der Waals surface area contributed by atoms with Crippen molar-refractivity contribution < 1.29 is 9.90 Å². The fraction of sp³-hybridized carbons (Fsp3) is 0.0625. The molecular formula is C16H13NO2S. The molecule has 3 rings (SSSR count). The Balaban J connectivity index is 2.01. The second kappa shape index (κ2) is 5.06. The summed E-state index contributed by atoms with van der Waals surface area (Å²) in [5, 5.41) is 8.69. The molecule has 2 aromatic rings. The van der Waals surface area contributed by atoms with Crippen molar-refractivity contribution >= 4 is 35.2 Å². The lowest BCUT2D eigenvalue weighted by Crippen LogP contribution is -2.14. The molecule has 1 aliphatic rings. The molecule has 0 unspecified atom stereocenters. The number of hydrogen-bond donors (Lipinski definition) is 1. The van der Waals surface area contributed by atoms with Gasteiger partial charge >= 0.3 is 5.97 Å². The van der Waals surface area contributed by atoms with E-state index in [1.807, 2.05) is 37.4 Å². The normalized spacial score (nSPS) is 13.2. The van der Waals surface area contributed by atoms with Gasteiger partial charge in [0.1, 0.15) is 0 Å². The molecule has 20 heavy (non-hydrogen) atoms. The Morgan fingerprint density at radius 1 is 1.15 bits per heavy atom. The first-order valence-corrected chi connectivity index (χ1v) is 7.02. The van der Waals surface area contributed by atoms with E-state index in [4.69, 9.17) is 5.11 Å². The van der Waals surface area contributed by atoms with Gasteiger partial charge in [0.2, 0.25) is 0 Å².